The maximum Gasteiger partial charge on any atom is 0.435 e. The molecule has 2 aromatic rings. The molecule has 0 spiro atoms. The normalized spacial score (nSPS) is 11.7. The number of thiazole rings is 1. The van der Waals surface area contributed by atoms with Gasteiger partial charge in [-0.15, -0.1) is 11.3 Å². The van der Waals surface area contributed by atoms with E-state index in [4.69, 9.17) is 9.84 Å². The third-order valence-electron chi connectivity index (χ3n) is 2.67. The average Bonchev–Trinajstić information content (AvgIpc) is 2.89. The van der Waals surface area contributed by atoms with Crippen molar-refractivity contribution < 1.29 is 27.8 Å². The third-order valence-corrected chi connectivity index (χ3v) is 3.73. The van der Waals surface area contributed by atoms with Crippen LogP contribution in [-0.4, -0.2) is 33.0 Å². The number of nitrogens with zero attached hydrogens (tertiary/aromatic N) is 3. The minimum Gasteiger partial charge on any atom is -0.481 e. The summed E-state index contributed by atoms with van der Waals surface area (Å²) in [6.45, 7) is 1.58. The molecule has 6 nitrogen and oxygen atoms in total. The molecule has 0 amide bonds. The number of rotatable bonds is 3. The van der Waals surface area contributed by atoms with E-state index in [1.165, 1.54) is 11.8 Å². The Morgan fingerprint density at radius 2 is 2.05 bits per heavy atom. The summed E-state index contributed by atoms with van der Waals surface area (Å²) in [4.78, 5) is 13.6. The van der Waals surface area contributed by atoms with Gasteiger partial charge in [0.1, 0.15) is 9.88 Å². The van der Waals surface area contributed by atoms with Crippen LogP contribution in [0, 0.1) is 6.92 Å². The summed E-state index contributed by atoms with van der Waals surface area (Å²) < 4.78 is 45.0. The lowest BCUT2D eigenvalue weighted by atomic mass is 10.2. The number of carboxylic acids is 1. The fourth-order valence-electron chi connectivity index (χ4n) is 1.88. The number of halogens is 3. The Kier molecular flexibility index (Phi) is 3.66. The Balaban J connectivity index is 2.70. The Morgan fingerprint density at radius 1 is 1.43 bits per heavy atom. The summed E-state index contributed by atoms with van der Waals surface area (Å²) in [7, 11) is 2.90. The number of ether oxygens (including phenoxy) is 1. The molecule has 0 radical (unpaired) electrons. The highest BCUT2D eigenvalue weighted by molar-refractivity contribution is 7.17. The van der Waals surface area contributed by atoms with Crippen LogP contribution in [0.4, 0.5) is 13.2 Å². The van der Waals surface area contributed by atoms with Crippen LogP contribution in [-0.2, 0) is 13.2 Å². The molecule has 0 atom stereocenters. The SMILES string of the molecule is COc1c(-c2nc(C(F)(F)F)c(C(=O)O)s2)c(C)nn1C. The topological polar surface area (TPSA) is 77.2 Å². The van der Waals surface area contributed by atoms with Gasteiger partial charge in [0.25, 0.3) is 0 Å². The fraction of sp³-hybridized carbons (Fsp3) is 0.364. The van der Waals surface area contributed by atoms with Crippen LogP contribution in [0.2, 0.25) is 0 Å². The van der Waals surface area contributed by atoms with Crippen molar-refractivity contribution in [2.75, 3.05) is 7.11 Å². The van der Waals surface area contributed by atoms with Crippen molar-refractivity contribution in [3.8, 4) is 16.5 Å². The van der Waals surface area contributed by atoms with E-state index in [-0.39, 0.29) is 16.5 Å². The Morgan fingerprint density at radius 3 is 2.48 bits per heavy atom. The van der Waals surface area contributed by atoms with Gasteiger partial charge >= 0.3 is 12.1 Å². The molecule has 0 bridgehead atoms. The quantitative estimate of drug-likeness (QED) is 0.940. The molecule has 0 saturated carbocycles. The Hall–Kier alpha value is -2.10. The summed E-state index contributed by atoms with van der Waals surface area (Å²) in [5.74, 6) is -1.46. The van der Waals surface area contributed by atoms with Gasteiger partial charge in [0.05, 0.1) is 18.4 Å². The molecule has 0 aromatic carbocycles. The van der Waals surface area contributed by atoms with E-state index in [1.54, 1.807) is 14.0 Å². The molecule has 114 valence electrons. The molecule has 1 N–H and O–H groups in total. The van der Waals surface area contributed by atoms with Gasteiger partial charge in [-0.3, -0.25) is 0 Å². The van der Waals surface area contributed by atoms with Gasteiger partial charge in [-0.1, -0.05) is 0 Å². The molecule has 0 aliphatic rings. The van der Waals surface area contributed by atoms with E-state index in [2.05, 4.69) is 10.1 Å². The molecule has 2 rings (SSSR count). The van der Waals surface area contributed by atoms with Crippen molar-refractivity contribution >= 4 is 17.3 Å². The maximum absolute atomic E-state index is 12.9. The molecule has 10 heteroatoms. The van der Waals surface area contributed by atoms with E-state index >= 15 is 0 Å². The van der Waals surface area contributed by atoms with Crippen molar-refractivity contribution in [1.82, 2.24) is 14.8 Å². The second-order valence-corrected chi connectivity index (χ2v) is 5.09. The predicted molar refractivity (Wildman–Crippen MR) is 67.6 cm³/mol. The number of hydrogen-bond acceptors (Lipinski definition) is 5. The lowest BCUT2D eigenvalue weighted by Gasteiger charge is -2.03. The highest BCUT2D eigenvalue weighted by Gasteiger charge is 2.40. The maximum atomic E-state index is 12.9. The number of alkyl halides is 3. The first kappa shape index (κ1) is 15.3. The molecular weight excluding hydrogens is 311 g/mol. The fourth-order valence-corrected chi connectivity index (χ4v) is 2.89. The Bertz CT molecular complexity index is 706. The van der Waals surface area contributed by atoms with Crippen LogP contribution in [0.15, 0.2) is 0 Å². The largest absolute Gasteiger partial charge is 0.481 e. The van der Waals surface area contributed by atoms with Crippen molar-refractivity contribution in [1.29, 1.82) is 0 Å². The van der Waals surface area contributed by atoms with Crippen LogP contribution < -0.4 is 4.74 Å². The predicted octanol–water partition coefficient (Wildman–Crippen LogP) is 2.58. The summed E-state index contributed by atoms with van der Waals surface area (Å²) in [6.07, 6.45) is -4.84. The summed E-state index contributed by atoms with van der Waals surface area (Å²) in [5, 5.41) is 12.8. The minimum absolute atomic E-state index is 0.0952. The van der Waals surface area contributed by atoms with Gasteiger partial charge in [-0.25, -0.2) is 14.5 Å². The van der Waals surface area contributed by atoms with Crippen LogP contribution in [0.1, 0.15) is 21.1 Å². The molecule has 0 fully saturated rings. The Labute approximate surface area is 120 Å². The molecule has 2 heterocycles. The molecule has 21 heavy (non-hydrogen) atoms. The molecule has 0 aliphatic heterocycles. The molecule has 0 unspecified atom stereocenters. The number of carbonyl (C=O) groups is 1. The summed E-state index contributed by atoms with van der Waals surface area (Å²) >= 11 is 0.441. The number of methoxy groups -OCH3 is 1. The molecule has 2 aromatic heterocycles. The highest BCUT2D eigenvalue weighted by Crippen LogP contribution is 2.41. The number of aryl methyl sites for hydroxylation is 2. The summed E-state index contributed by atoms with van der Waals surface area (Å²) in [5.41, 5.74) is -0.767. The first-order valence-electron chi connectivity index (χ1n) is 5.56. The van der Waals surface area contributed by atoms with Crippen LogP contribution >= 0.6 is 11.3 Å². The van der Waals surface area contributed by atoms with Crippen molar-refractivity contribution in [3.63, 3.8) is 0 Å². The zero-order valence-electron chi connectivity index (χ0n) is 11.1. The third kappa shape index (κ3) is 2.58. The first-order chi connectivity index (χ1) is 9.66. The highest BCUT2D eigenvalue weighted by atomic mass is 32.1. The van der Waals surface area contributed by atoms with Gasteiger partial charge < -0.3 is 9.84 Å². The van der Waals surface area contributed by atoms with Crippen molar-refractivity contribution in [2.45, 2.75) is 13.1 Å². The number of aromatic carboxylic acids is 1. The number of hydrogen-bond donors (Lipinski definition) is 1. The lowest BCUT2D eigenvalue weighted by molar-refractivity contribution is -0.141. The van der Waals surface area contributed by atoms with Crippen LogP contribution in [0.25, 0.3) is 10.6 Å². The zero-order valence-corrected chi connectivity index (χ0v) is 12.0. The van der Waals surface area contributed by atoms with Gasteiger partial charge in [-0.05, 0) is 6.92 Å². The zero-order chi connectivity index (χ0) is 15.9. The van der Waals surface area contributed by atoms with E-state index in [9.17, 15) is 18.0 Å². The first-order valence-corrected chi connectivity index (χ1v) is 6.37. The van der Waals surface area contributed by atoms with Gasteiger partial charge in [0.2, 0.25) is 5.88 Å². The second kappa shape index (κ2) is 5.02. The van der Waals surface area contributed by atoms with E-state index in [0.717, 1.165) is 0 Å². The minimum atomic E-state index is -4.84. The number of aromatic nitrogens is 3. The monoisotopic (exact) mass is 321 g/mol. The number of carboxylic acid groups (broad SMARTS) is 1. The standard InChI is InChI=1S/C11H10F3N3O3S/c1-4-5(9(20-3)17(2)16-4)8-15-7(11(12,13)14)6(21-8)10(18)19/h1-3H3,(H,18,19). The lowest BCUT2D eigenvalue weighted by Crippen LogP contribution is -2.11. The van der Waals surface area contributed by atoms with Gasteiger partial charge in [-0.2, -0.15) is 18.3 Å². The molecule has 0 aliphatic carbocycles. The second-order valence-electron chi connectivity index (χ2n) is 4.09. The smallest absolute Gasteiger partial charge is 0.435 e. The van der Waals surface area contributed by atoms with Gasteiger partial charge in [0.15, 0.2) is 5.69 Å². The van der Waals surface area contributed by atoms with Crippen LogP contribution in [0.5, 0.6) is 5.88 Å². The van der Waals surface area contributed by atoms with E-state index in [1.807, 2.05) is 0 Å². The molecular formula is C11H10F3N3O3S. The van der Waals surface area contributed by atoms with E-state index < -0.39 is 22.7 Å². The average molecular weight is 321 g/mol. The van der Waals surface area contributed by atoms with Gasteiger partial charge in [0, 0.05) is 7.05 Å². The van der Waals surface area contributed by atoms with E-state index in [0.29, 0.717) is 17.0 Å². The summed E-state index contributed by atoms with van der Waals surface area (Å²) in [6, 6.07) is 0. The van der Waals surface area contributed by atoms with Crippen molar-refractivity contribution in [2.24, 2.45) is 7.05 Å². The van der Waals surface area contributed by atoms with Crippen LogP contribution in [0.3, 0.4) is 0 Å². The van der Waals surface area contributed by atoms with Crippen molar-refractivity contribution in [3.05, 3.63) is 16.3 Å². The molecule has 0 saturated heterocycles.